The Bertz CT molecular complexity index is 406. The molecule has 0 aromatic rings. The monoisotopic (exact) mass is 358 g/mol. The predicted molar refractivity (Wildman–Crippen MR) is 74.6 cm³/mol. The molecule has 0 unspecified atom stereocenters. The second kappa shape index (κ2) is 16.0. The Hall–Kier alpha value is -1.89. The molecule has 0 spiro atoms. The summed E-state index contributed by atoms with van der Waals surface area (Å²) in [5.74, 6) is -4.91. The number of carbonyl (C=O) groups is 4. The molecule has 24 heavy (non-hydrogen) atoms. The van der Waals surface area contributed by atoms with Crippen LogP contribution < -0.4 is 29.6 Å². The fourth-order valence-corrected chi connectivity index (χ4v) is 1.48. The van der Waals surface area contributed by atoms with Crippen molar-refractivity contribution in [2.45, 2.75) is 0 Å². The van der Waals surface area contributed by atoms with E-state index in [9.17, 15) is 19.2 Å². The Morgan fingerprint density at radius 2 is 0.875 bits per heavy atom. The van der Waals surface area contributed by atoms with Gasteiger partial charge >= 0.3 is 53.4 Å². The van der Waals surface area contributed by atoms with E-state index in [-0.39, 0.29) is 44.1 Å². The van der Waals surface area contributed by atoms with Gasteiger partial charge in [-0.2, -0.15) is 0 Å². The summed E-state index contributed by atoms with van der Waals surface area (Å²) in [5, 5.41) is 34.5. The van der Waals surface area contributed by atoms with Gasteiger partial charge in [-0.3, -0.25) is 33.9 Å². The molecule has 0 heterocycles. The van der Waals surface area contributed by atoms with Crippen molar-refractivity contribution in [3.63, 3.8) is 0 Å². The molecular formula is C10H17N5NaO8-. The number of carboxylic acids is 4. The molecule has 0 aromatic carbocycles. The average Bonchev–Trinajstić information content (AvgIpc) is 2.33. The van der Waals surface area contributed by atoms with Gasteiger partial charge in [0.15, 0.2) is 0 Å². The van der Waals surface area contributed by atoms with Crippen molar-refractivity contribution in [1.29, 1.82) is 0 Å². The van der Waals surface area contributed by atoms with Gasteiger partial charge in [-0.1, -0.05) is 0 Å². The molecule has 0 atom stereocenters. The second-order valence-electron chi connectivity index (χ2n) is 4.09. The summed E-state index contributed by atoms with van der Waals surface area (Å²) in [5.41, 5.74) is 13.5. The topological polar surface area (TPSA) is 214 Å². The van der Waals surface area contributed by atoms with Crippen LogP contribution in [0.3, 0.4) is 0 Å². The van der Waals surface area contributed by atoms with Crippen LogP contribution in [-0.2, 0) is 19.2 Å². The van der Waals surface area contributed by atoms with E-state index >= 15 is 0 Å². The van der Waals surface area contributed by atoms with Crippen molar-refractivity contribution in [2.24, 2.45) is 0 Å². The van der Waals surface area contributed by atoms with Crippen molar-refractivity contribution in [1.82, 2.24) is 9.80 Å². The summed E-state index contributed by atoms with van der Waals surface area (Å²) in [7, 11) is 0. The molecule has 0 saturated carbocycles. The third-order valence-electron chi connectivity index (χ3n) is 2.17. The molecule has 4 N–H and O–H groups in total. The standard InChI is InChI=1S/C10H16N2O8.N3.Na.H/c13-7(14)3-11(4-8(15)16)1-2-12(5-9(17)18)6-10(19)20;1-3-2;;/h1-6H2,(H,13,14)(H,15,16)(H,17,18)(H,19,20);;;/q;-1;+1;-1. The van der Waals surface area contributed by atoms with Gasteiger partial charge in [-0.25, -0.2) is 0 Å². The van der Waals surface area contributed by atoms with Crippen LogP contribution in [0.15, 0.2) is 0 Å². The molecule has 0 rings (SSSR count). The van der Waals surface area contributed by atoms with Gasteiger partial charge in [0.05, 0.1) is 26.2 Å². The first kappa shape index (κ1) is 27.0. The fourth-order valence-electron chi connectivity index (χ4n) is 1.48. The molecule has 0 saturated heterocycles. The predicted octanol–water partition coefficient (Wildman–Crippen LogP) is -4.09. The molecule has 0 bridgehead atoms. The molecule has 0 aliphatic rings. The molecule has 132 valence electrons. The van der Waals surface area contributed by atoms with Crippen LogP contribution in [0.2, 0.25) is 0 Å². The zero-order chi connectivity index (χ0) is 18.4. The molecule has 0 amide bonds. The molecule has 0 fully saturated rings. The van der Waals surface area contributed by atoms with E-state index < -0.39 is 50.1 Å². The maximum Gasteiger partial charge on any atom is 1.00 e. The van der Waals surface area contributed by atoms with Gasteiger partial charge in [0.2, 0.25) is 0 Å². The van der Waals surface area contributed by atoms with Crippen LogP contribution in [-0.4, -0.2) is 93.4 Å². The van der Waals surface area contributed by atoms with Gasteiger partial charge in [-0.15, -0.1) is 0 Å². The maximum atomic E-state index is 10.6. The van der Waals surface area contributed by atoms with Crippen LogP contribution >= 0.6 is 0 Å². The number of aliphatic carboxylic acids is 4. The summed E-state index contributed by atoms with van der Waals surface area (Å²) >= 11 is 0. The first-order valence-electron chi connectivity index (χ1n) is 5.92. The second-order valence-corrected chi connectivity index (χ2v) is 4.09. The zero-order valence-corrected chi connectivity index (χ0v) is 14.9. The first-order valence-corrected chi connectivity index (χ1v) is 5.92. The van der Waals surface area contributed by atoms with Crippen molar-refractivity contribution in [2.75, 3.05) is 39.3 Å². The van der Waals surface area contributed by atoms with Crippen LogP contribution in [0.25, 0.3) is 16.0 Å². The molecular weight excluding hydrogens is 341 g/mol. The number of hydrogen-bond acceptors (Lipinski definition) is 6. The first-order chi connectivity index (χ1) is 10.6. The van der Waals surface area contributed by atoms with Crippen molar-refractivity contribution in [3.8, 4) is 0 Å². The summed E-state index contributed by atoms with van der Waals surface area (Å²) in [6.45, 7) is -2.25. The summed E-state index contributed by atoms with van der Waals surface area (Å²) in [6.07, 6.45) is 0. The summed E-state index contributed by atoms with van der Waals surface area (Å²) in [6, 6.07) is 0. The van der Waals surface area contributed by atoms with E-state index in [0.717, 1.165) is 9.80 Å². The molecule has 13 nitrogen and oxygen atoms in total. The minimum Gasteiger partial charge on any atom is -1.00 e. The number of carboxylic acid groups (broad SMARTS) is 4. The fraction of sp³-hybridized carbons (Fsp3) is 0.600. The van der Waals surface area contributed by atoms with Crippen molar-refractivity contribution in [3.05, 3.63) is 16.0 Å². The average molecular weight is 358 g/mol. The van der Waals surface area contributed by atoms with Gasteiger partial charge < -0.3 is 32.9 Å². The van der Waals surface area contributed by atoms with E-state index in [1.807, 2.05) is 0 Å². The van der Waals surface area contributed by atoms with Crippen LogP contribution in [0.1, 0.15) is 1.43 Å². The number of hydrogen-bond donors (Lipinski definition) is 4. The maximum absolute atomic E-state index is 10.6. The van der Waals surface area contributed by atoms with Gasteiger partial charge in [0.25, 0.3) is 0 Å². The number of nitrogens with zero attached hydrogens (tertiary/aromatic N) is 5. The Labute approximate surface area is 159 Å². The Morgan fingerprint density at radius 1 is 0.708 bits per heavy atom. The normalized spacial score (nSPS) is 9.25. The van der Waals surface area contributed by atoms with Crippen molar-refractivity contribution >= 4 is 23.9 Å². The molecule has 0 radical (unpaired) electrons. The SMILES string of the molecule is O=C(O)CN(CCN(CC(=O)O)CC(=O)O)CC(=O)O.[H-].[N-]=[N+]=[N-].[Na+]. The Balaban J connectivity index is -0.000000409. The molecule has 0 aliphatic carbocycles. The number of rotatable bonds is 11. The third kappa shape index (κ3) is 20.1. The quantitative estimate of drug-likeness (QED) is 0.121. The van der Waals surface area contributed by atoms with E-state index in [1.165, 1.54) is 4.91 Å². The van der Waals surface area contributed by atoms with E-state index in [4.69, 9.17) is 31.5 Å². The van der Waals surface area contributed by atoms with Crippen LogP contribution in [0.5, 0.6) is 0 Å². The molecule has 0 aliphatic heterocycles. The molecule has 0 aromatic heterocycles. The summed E-state index contributed by atoms with van der Waals surface area (Å²) < 4.78 is 0. The van der Waals surface area contributed by atoms with E-state index in [2.05, 4.69) is 0 Å². The molecule has 14 heteroatoms. The Morgan fingerprint density at radius 3 is 1.00 bits per heavy atom. The van der Waals surface area contributed by atoms with E-state index in [0.29, 0.717) is 0 Å². The largest absolute Gasteiger partial charge is 1.00 e. The van der Waals surface area contributed by atoms with Crippen LogP contribution in [0, 0.1) is 0 Å². The minimum atomic E-state index is -1.23. The minimum absolute atomic E-state index is 0. The summed E-state index contributed by atoms with van der Waals surface area (Å²) in [4.78, 5) is 45.9. The van der Waals surface area contributed by atoms with Gasteiger partial charge in [-0.05, 0) is 0 Å². The van der Waals surface area contributed by atoms with Gasteiger partial charge in [0.1, 0.15) is 0 Å². The Kier molecular flexibility index (Phi) is 18.0. The smallest absolute Gasteiger partial charge is 1.00 e. The van der Waals surface area contributed by atoms with Crippen molar-refractivity contribution < 1.29 is 70.6 Å². The zero-order valence-electron chi connectivity index (χ0n) is 13.9. The van der Waals surface area contributed by atoms with E-state index in [1.54, 1.807) is 0 Å². The van der Waals surface area contributed by atoms with Crippen LogP contribution in [0.4, 0.5) is 0 Å². The van der Waals surface area contributed by atoms with Gasteiger partial charge in [0, 0.05) is 13.1 Å². The third-order valence-corrected chi connectivity index (χ3v) is 2.17.